The summed E-state index contributed by atoms with van der Waals surface area (Å²) in [4.78, 5) is 22.5. The van der Waals surface area contributed by atoms with Crippen molar-refractivity contribution in [2.45, 2.75) is 17.3 Å². The van der Waals surface area contributed by atoms with Crippen molar-refractivity contribution in [1.82, 2.24) is 4.98 Å². The minimum Gasteiger partial charge on any atom is -0.476 e. The van der Waals surface area contributed by atoms with Crippen LogP contribution in [0, 0.1) is 0 Å². The molecule has 0 saturated heterocycles. The van der Waals surface area contributed by atoms with Gasteiger partial charge >= 0.3 is 12.1 Å². The number of anilines is 1. The van der Waals surface area contributed by atoms with Crippen LogP contribution in [0.4, 0.5) is 18.3 Å². The second-order valence-corrected chi connectivity index (χ2v) is 13.3. The monoisotopic (exact) mass is 739 g/mol. The summed E-state index contributed by atoms with van der Waals surface area (Å²) in [5.74, 6) is -1.75. The van der Waals surface area contributed by atoms with Crippen molar-refractivity contribution in [3.63, 3.8) is 0 Å². The summed E-state index contributed by atoms with van der Waals surface area (Å²) in [5, 5.41) is 17.8. The normalized spacial score (nSPS) is 12.2. The summed E-state index contributed by atoms with van der Waals surface area (Å²) in [6.45, 7) is 0. The lowest BCUT2D eigenvalue weighted by Crippen LogP contribution is -2.38. The molecule has 0 amide bonds. The topological polar surface area (TPSA) is 83.8 Å². The third kappa shape index (κ3) is 6.87. The van der Waals surface area contributed by atoms with Gasteiger partial charge in [-0.2, -0.15) is 13.2 Å². The molecule has 0 saturated carbocycles. The number of halogens is 3. The number of carbonyl (C=O) groups is 1. The number of aliphatic carboxylic acids is 1. The van der Waals surface area contributed by atoms with Gasteiger partial charge in [0, 0.05) is 16.7 Å². The molecule has 7 aromatic rings. The minimum atomic E-state index is -4.99. The van der Waals surface area contributed by atoms with Crippen molar-refractivity contribution in [2.24, 2.45) is 5.16 Å². The molecule has 10 heteroatoms. The standard InChI is InChI=1S/C44H32F3N3O3S/c45-44(46,47)39-37(48-41(54-39)49-42(31-19-7-1-8-20-31,32-21-9-2-10-22-32)33-23-11-3-12-24-33)38(40(51)52)50-53-43(34-25-13-4-14-26-34,35-27-15-5-16-28-35)36-29-17-6-18-30-36/h1-30H,(H,48,49)(H,51,52). The zero-order valence-corrected chi connectivity index (χ0v) is 29.3. The van der Waals surface area contributed by atoms with Gasteiger partial charge in [-0.1, -0.05) is 198 Å². The molecule has 7 rings (SSSR count). The van der Waals surface area contributed by atoms with E-state index in [0.29, 0.717) is 28.0 Å². The van der Waals surface area contributed by atoms with Crippen LogP contribution in [-0.4, -0.2) is 21.8 Å². The van der Waals surface area contributed by atoms with Crippen molar-refractivity contribution in [1.29, 1.82) is 0 Å². The maximum atomic E-state index is 15.0. The van der Waals surface area contributed by atoms with Crippen LogP contribution in [0.25, 0.3) is 0 Å². The van der Waals surface area contributed by atoms with Crippen molar-refractivity contribution in [3.8, 4) is 0 Å². The maximum absolute atomic E-state index is 15.0. The average Bonchev–Trinajstić information content (AvgIpc) is 3.64. The fraction of sp³-hybridized carbons (Fsp3) is 0.0682. The first kappa shape index (κ1) is 35.9. The van der Waals surface area contributed by atoms with Gasteiger partial charge in [0.05, 0.1) is 0 Å². The molecule has 0 atom stereocenters. The zero-order valence-electron chi connectivity index (χ0n) is 28.5. The number of thiazole rings is 1. The van der Waals surface area contributed by atoms with Crippen LogP contribution in [0.5, 0.6) is 0 Å². The van der Waals surface area contributed by atoms with Crippen LogP contribution in [0.2, 0.25) is 0 Å². The Morgan fingerprint density at radius 1 is 0.574 bits per heavy atom. The van der Waals surface area contributed by atoms with E-state index in [2.05, 4.69) is 15.5 Å². The van der Waals surface area contributed by atoms with E-state index in [9.17, 15) is 9.90 Å². The molecule has 6 aromatic carbocycles. The Labute approximate surface area is 313 Å². The Balaban J connectivity index is 1.43. The molecule has 54 heavy (non-hydrogen) atoms. The second kappa shape index (κ2) is 15.2. The van der Waals surface area contributed by atoms with Crippen LogP contribution < -0.4 is 5.32 Å². The molecule has 0 unspecified atom stereocenters. The number of hydrogen-bond acceptors (Lipinski definition) is 6. The number of carboxylic acids is 1. The van der Waals surface area contributed by atoms with Gasteiger partial charge in [-0.3, -0.25) is 0 Å². The average molecular weight is 740 g/mol. The van der Waals surface area contributed by atoms with Gasteiger partial charge in [-0.15, -0.1) is 0 Å². The highest BCUT2D eigenvalue weighted by Gasteiger charge is 2.44. The molecule has 0 radical (unpaired) electrons. The van der Waals surface area contributed by atoms with E-state index < -0.39 is 39.6 Å². The van der Waals surface area contributed by atoms with Gasteiger partial charge in [0.2, 0.25) is 11.3 Å². The third-order valence-corrected chi connectivity index (χ3v) is 10.1. The van der Waals surface area contributed by atoms with E-state index in [1.165, 1.54) is 0 Å². The van der Waals surface area contributed by atoms with E-state index in [4.69, 9.17) is 4.84 Å². The first-order valence-electron chi connectivity index (χ1n) is 16.9. The molecule has 0 aliphatic heterocycles. The number of rotatable bonds is 12. The molecule has 0 aliphatic carbocycles. The SMILES string of the molecule is O=C(O)C(=NOC(c1ccccc1)(c1ccccc1)c1ccccc1)c1nc(NC(c2ccccc2)(c2ccccc2)c2ccccc2)sc1C(F)(F)F. The molecule has 1 heterocycles. The Morgan fingerprint density at radius 3 is 1.22 bits per heavy atom. The lowest BCUT2D eigenvalue weighted by Gasteiger charge is -2.36. The lowest BCUT2D eigenvalue weighted by molar-refractivity contribution is -0.134. The molecular weight excluding hydrogens is 708 g/mol. The molecule has 2 N–H and O–H groups in total. The van der Waals surface area contributed by atoms with Gasteiger partial charge in [-0.25, -0.2) is 9.78 Å². The minimum absolute atomic E-state index is 0.178. The summed E-state index contributed by atoms with van der Waals surface area (Å²) in [5.41, 5.74) is -0.783. The molecule has 268 valence electrons. The van der Waals surface area contributed by atoms with E-state index >= 15 is 13.2 Å². The quantitative estimate of drug-likeness (QED) is 0.0741. The van der Waals surface area contributed by atoms with E-state index in [0.717, 1.165) is 16.7 Å². The summed E-state index contributed by atoms with van der Waals surface area (Å²) in [6, 6.07) is 54.8. The second-order valence-electron chi connectivity index (χ2n) is 12.3. The van der Waals surface area contributed by atoms with E-state index in [1.807, 2.05) is 109 Å². The Kier molecular flexibility index (Phi) is 10.1. The predicted octanol–water partition coefficient (Wildman–Crippen LogP) is 10.4. The fourth-order valence-electron chi connectivity index (χ4n) is 6.64. The fourth-order valence-corrected chi connectivity index (χ4v) is 7.53. The summed E-state index contributed by atoms with van der Waals surface area (Å²) in [7, 11) is 0. The van der Waals surface area contributed by atoms with E-state index in [1.54, 1.807) is 72.8 Å². The van der Waals surface area contributed by atoms with Gasteiger partial charge in [0.25, 0.3) is 0 Å². The highest BCUT2D eigenvalue weighted by atomic mass is 32.1. The first-order valence-corrected chi connectivity index (χ1v) is 17.7. The Bertz CT molecular complexity index is 2150. The van der Waals surface area contributed by atoms with Crippen LogP contribution in [-0.2, 0) is 26.9 Å². The van der Waals surface area contributed by atoms with E-state index in [-0.39, 0.29) is 5.13 Å². The maximum Gasteiger partial charge on any atom is 0.427 e. The third-order valence-electron chi connectivity index (χ3n) is 9.04. The number of hydrogen-bond donors (Lipinski definition) is 2. The Morgan fingerprint density at radius 2 is 0.907 bits per heavy atom. The van der Waals surface area contributed by atoms with Gasteiger partial charge in [-0.05, 0) is 16.7 Å². The molecular formula is C44H32F3N3O3S. The lowest BCUT2D eigenvalue weighted by atomic mass is 9.77. The van der Waals surface area contributed by atoms with Crippen molar-refractivity contribution >= 4 is 28.1 Å². The number of benzene rings is 6. The number of nitrogens with zero attached hydrogens (tertiary/aromatic N) is 2. The summed E-state index contributed by atoms with van der Waals surface area (Å²) in [6.07, 6.45) is -4.99. The predicted molar refractivity (Wildman–Crippen MR) is 204 cm³/mol. The number of carboxylic acid groups (broad SMARTS) is 1. The summed E-state index contributed by atoms with van der Waals surface area (Å²) >= 11 is 0.299. The molecule has 0 fully saturated rings. The van der Waals surface area contributed by atoms with Crippen LogP contribution >= 0.6 is 11.3 Å². The van der Waals surface area contributed by atoms with Crippen LogP contribution in [0.1, 0.15) is 44.0 Å². The van der Waals surface area contributed by atoms with Gasteiger partial charge < -0.3 is 15.3 Å². The van der Waals surface area contributed by atoms with Gasteiger partial charge in [0.1, 0.15) is 16.1 Å². The highest BCUT2D eigenvalue weighted by molar-refractivity contribution is 7.16. The first-order chi connectivity index (χ1) is 26.2. The number of aromatic nitrogens is 1. The highest BCUT2D eigenvalue weighted by Crippen LogP contribution is 2.45. The van der Waals surface area contributed by atoms with Crippen molar-refractivity contribution < 1.29 is 27.9 Å². The van der Waals surface area contributed by atoms with Gasteiger partial charge in [0.15, 0.2) is 5.13 Å². The van der Waals surface area contributed by atoms with Crippen LogP contribution in [0.3, 0.4) is 0 Å². The number of nitrogens with one attached hydrogen (secondary N) is 1. The van der Waals surface area contributed by atoms with Crippen LogP contribution in [0.15, 0.2) is 187 Å². The molecule has 0 spiro atoms. The largest absolute Gasteiger partial charge is 0.476 e. The zero-order chi connectivity index (χ0) is 37.6. The molecule has 0 aliphatic rings. The summed E-state index contributed by atoms with van der Waals surface area (Å²) < 4.78 is 45.0. The molecule has 0 bridgehead atoms. The van der Waals surface area contributed by atoms with Crippen molar-refractivity contribution in [2.75, 3.05) is 5.32 Å². The number of alkyl halides is 3. The smallest absolute Gasteiger partial charge is 0.427 e. The van der Waals surface area contributed by atoms with Crippen molar-refractivity contribution in [3.05, 3.63) is 226 Å². The Hall–Kier alpha value is -6.52. The molecule has 6 nitrogen and oxygen atoms in total. The number of oxime groups is 1. The molecule has 1 aromatic heterocycles.